The lowest BCUT2D eigenvalue weighted by Crippen LogP contribution is -2.52. The fourth-order valence-electron chi connectivity index (χ4n) is 11.2. The number of carbonyl (C=O) groups is 4. The molecule has 346 valence electrons. The van der Waals surface area contributed by atoms with Gasteiger partial charge in [0.15, 0.2) is 0 Å². The van der Waals surface area contributed by atoms with Crippen molar-refractivity contribution in [1.29, 1.82) is 0 Å². The first-order chi connectivity index (χ1) is 31.8. The number of hydrogen-bond acceptors (Lipinski definition) is 7. The van der Waals surface area contributed by atoms with Crippen LogP contribution in [0.5, 0.6) is 0 Å². The quantitative estimate of drug-likeness (QED) is 0.0826. The highest BCUT2D eigenvalue weighted by molar-refractivity contribution is 5.88. The highest BCUT2D eigenvalue weighted by Gasteiger charge is 2.42. The Hall–Kier alpha value is -6.44. The van der Waals surface area contributed by atoms with Crippen molar-refractivity contribution < 1.29 is 23.9 Å². The summed E-state index contributed by atoms with van der Waals surface area (Å²) >= 11 is 0. The predicted molar refractivity (Wildman–Crippen MR) is 254 cm³/mol. The van der Waals surface area contributed by atoms with Gasteiger partial charge in [0.1, 0.15) is 23.7 Å². The summed E-state index contributed by atoms with van der Waals surface area (Å²) in [4.78, 5) is 71.3. The second-order valence-electron chi connectivity index (χ2n) is 19.7. The van der Waals surface area contributed by atoms with Crippen molar-refractivity contribution in [1.82, 2.24) is 40.4 Å². The number of likely N-dealkylation sites (tertiary alicyclic amines) is 2. The van der Waals surface area contributed by atoms with E-state index in [1.54, 1.807) is 0 Å². The zero-order valence-corrected chi connectivity index (χ0v) is 38.8. The van der Waals surface area contributed by atoms with Crippen LogP contribution >= 0.6 is 0 Å². The summed E-state index contributed by atoms with van der Waals surface area (Å²) in [6, 6.07) is 19.6. The van der Waals surface area contributed by atoms with E-state index in [2.05, 4.69) is 81.3 Å². The molecule has 5 aromatic rings. The monoisotopic (exact) mass is 893 g/mol. The van der Waals surface area contributed by atoms with Crippen LogP contribution in [-0.2, 0) is 27.2 Å². The topological polar surface area (TPSA) is 191 Å². The van der Waals surface area contributed by atoms with Gasteiger partial charge in [-0.15, -0.1) is 0 Å². The van der Waals surface area contributed by atoms with Crippen molar-refractivity contribution in [2.45, 2.75) is 116 Å². The minimum absolute atomic E-state index is 0.102. The van der Waals surface area contributed by atoms with Gasteiger partial charge in [0.25, 0.3) is 0 Å². The molecule has 3 fully saturated rings. The Morgan fingerprint density at radius 1 is 0.652 bits per heavy atom. The first kappa shape index (κ1) is 44.7. The normalized spacial score (nSPS) is 19.7. The average Bonchev–Trinajstić information content (AvgIpc) is 4.18. The van der Waals surface area contributed by atoms with E-state index < -0.39 is 24.2 Å². The smallest absolute Gasteiger partial charge is 0.407 e. The molecule has 4 atom stereocenters. The number of nitrogens with one attached hydrogen (secondary N) is 4. The van der Waals surface area contributed by atoms with Crippen LogP contribution in [-0.4, -0.2) is 86.0 Å². The number of rotatable bonds is 12. The molecule has 3 aromatic carbocycles. The van der Waals surface area contributed by atoms with Crippen molar-refractivity contribution in [3.63, 3.8) is 0 Å². The highest BCUT2D eigenvalue weighted by Crippen LogP contribution is 2.53. The van der Waals surface area contributed by atoms with Gasteiger partial charge in [-0.25, -0.2) is 19.6 Å². The summed E-state index contributed by atoms with van der Waals surface area (Å²) in [6.07, 6.45) is 13.7. The number of H-pyrrole nitrogens is 2. The molecule has 14 heteroatoms. The van der Waals surface area contributed by atoms with Gasteiger partial charge in [0.05, 0.1) is 43.0 Å². The van der Waals surface area contributed by atoms with Gasteiger partial charge >= 0.3 is 12.1 Å². The molecule has 4 heterocycles. The number of benzene rings is 3. The van der Waals surface area contributed by atoms with Crippen molar-refractivity contribution in [3.05, 3.63) is 95.8 Å². The van der Waals surface area contributed by atoms with Crippen LogP contribution in [0.15, 0.2) is 73.1 Å². The number of primary amides is 1. The fourth-order valence-corrected chi connectivity index (χ4v) is 11.2. The van der Waals surface area contributed by atoms with E-state index in [-0.39, 0.29) is 35.7 Å². The summed E-state index contributed by atoms with van der Waals surface area (Å²) in [5.74, 6) is 1.03. The summed E-state index contributed by atoms with van der Waals surface area (Å²) in [6.45, 7) is 8.85. The average molecular weight is 894 g/mol. The zero-order valence-electron chi connectivity index (χ0n) is 38.8. The maximum atomic E-state index is 13.7. The number of aromatic nitrogens is 4. The van der Waals surface area contributed by atoms with Gasteiger partial charge in [-0.2, -0.15) is 0 Å². The Labute approximate surface area is 386 Å². The van der Waals surface area contributed by atoms with Gasteiger partial charge in [0, 0.05) is 13.1 Å². The van der Waals surface area contributed by atoms with Gasteiger partial charge < -0.3 is 40.9 Å². The maximum absolute atomic E-state index is 13.7. The van der Waals surface area contributed by atoms with Crippen molar-refractivity contribution in [3.8, 4) is 44.8 Å². The SMILES string of the molecule is COC(=O)NC(C(=O)N1CCCC1c1ncc(-c2ccc(-c3ccc(-c4ccc(-c5cnc(C6CCCN6C(=O)C(NC(N)=O)C(C)C)[nH]5)cc4)c4c3CC3(CCCC3)C4)cc2)[nH]1)C(C)C. The Morgan fingerprint density at radius 3 is 1.48 bits per heavy atom. The highest BCUT2D eigenvalue weighted by atomic mass is 16.5. The molecule has 4 aliphatic rings. The van der Waals surface area contributed by atoms with Crippen LogP contribution in [0.4, 0.5) is 9.59 Å². The lowest BCUT2D eigenvalue weighted by atomic mass is 9.82. The third kappa shape index (κ3) is 8.69. The molecule has 2 saturated heterocycles. The number of hydrogen-bond donors (Lipinski definition) is 5. The number of methoxy groups -OCH3 is 1. The lowest BCUT2D eigenvalue weighted by molar-refractivity contribution is -0.136. The van der Waals surface area contributed by atoms with E-state index in [1.165, 1.54) is 66.2 Å². The van der Waals surface area contributed by atoms with E-state index in [4.69, 9.17) is 20.4 Å². The summed E-state index contributed by atoms with van der Waals surface area (Å²) in [7, 11) is 1.30. The third-order valence-corrected chi connectivity index (χ3v) is 14.7. The first-order valence-electron chi connectivity index (χ1n) is 23.8. The van der Waals surface area contributed by atoms with Crippen molar-refractivity contribution >= 4 is 23.9 Å². The lowest BCUT2D eigenvalue weighted by Gasteiger charge is -2.30. The van der Waals surface area contributed by atoms with Gasteiger partial charge in [-0.05, 0) is 113 Å². The number of nitrogens with zero attached hydrogens (tertiary/aromatic N) is 4. The van der Waals surface area contributed by atoms with Crippen molar-refractivity contribution in [2.24, 2.45) is 23.0 Å². The molecule has 66 heavy (non-hydrogen) atoms. The predicted octanol–water partition coefficient (Wildman–Crippen LogP) is 8.86. The molecule has 1 spiro atoms. The number of alkyl carbamates (subject to hydrolysis) is 1. The standard InChI is InChI=1S/C52H63N9O5/c1-30(2)44(58-50(53)64)48(62)60-24-8-10-42(60)46-54-28-40(56-46)34-16-12-32(13-17-34)36-20-21-37(39-27-52(26-38(36)39)22-6-7-23-52)33-14-18-35(19-15-33)41-29-55-47(57-41)43-11-9-25-61(43)49(63)45(31(3)4)59-51(65)66-5/h12-21,28-31,42-45H,6-11,22-27H2,1-5H3,(H,54,56)(H,55,57)(H,59,65)(H3,53,58,64). The summed E-state index contributed by atoms with van der Waals surface area (Å²) in [5.41, 5.74) is 17.5. The van der Waals surface area contributed by atoms with Crippen LogP contribution in [0.2, 0.25) is 0 Å². The van der Waals surface area contributed by atoms with Crippen LogP contribution in [0, 0.1) is 17.3 Å². The minimum Gasteiger partial charge on any atom is -0.453 e. The molecule has 5 amide bonds. The Bertz CT molecular complexity index is 2590. The molecule has 0 radical (unpaired) electrons. The number of carbonyl (C=O) groups excluding carboxylic acids is 4. The molecule has 2 aromatic heterocycles. The van der Waals surface area contributed by atoms with E-state index in [0.717, 1.165) is 72.7 Å². The molecule has 4 unspecified atom stereocenters. The van der Waals surface area contributed by atoms with E-state index in [0.29, 0.717) is 18.5 Å². The number of imidazole rings is 2. The molecule has 2 aliphatic carbocycles. The van der Waals surface area contributed by atoms with Crippen molar-refractivity contribution in [2.75, 3.05) is 20.2 Å². The molecule has 1 saturated carbocycles. The Balaban J connectivity index is 0.929. The molecule has 6 N–H and O–H groups in total. The second kappa shape index (κ2) is 18.4. The van der Waals surface area contributed by atoms with Gasteiger partial charge in [0.2, 0.25) is 11.8 Å². The molecular weight excluding hydrogens is 831 g/mol. The third-order valence-electron chi connectivity index (χ3n) is 14.7. The number of urea groups is 1. The number of aromatic amines is 2. The zero-order chi connectivity index (χ0) is 46.3. The van der Waals surface area contributed by atoms with Crippen LogP contribution in [0.25, 0.3) is 44.8 Å². The Morgan fingerprint density at radius 2 is 1.08 bits per heavy atom. The number of fused-ring (bicyclic) bond motifs is 1. The first-order valence-corrected chi connectivity index (χ1v) is 23.8. The van der Waals surface area contributed by atoms with Crippen LogP contribution < -0.4 is 16.4 Å². The van der Waals surface area contributed by atoms with E-state index in [1.807, 2.05) is 49.9 Å². The van der Waals surface area contributed by atoms with E-state index in [9.17, 15) is 19.2 Å². The van der Waals surface area contributed by atoms with E-state index >= 15 is 0 Å². The molecule has 0 bridgehead atoms. The van der Waals surface area contributed by atoms with Crippen LogP contribution in [0.3, 0.4) is 0 Å². The van der Waals surface area contributed by atoms with Gasteiger partial charge in [-0.1, -0.05) is 101 Å². The molecule has 9 rings (SSSR count). The molecular formula is C52H63N9O5. The number of amides is 5. The van der Waals surface area contributed by atoms with Crippen LogP contribution in [0.1, 0.15) is 114 Å². The largest absolute Gasteiger partial charge is 0.453 e. The Kier molecular flexibility index (Phi) is 12.5. The molecule has 14 nitrogen and oxygen atoms in total. The maximum Gasteiger partial charge on any atom is 0.407 e. The number of ether oxygens (including phenoxy) is 1. The minimum atomic E-state index is -0.702. The van der Waals surface area contributed by atoms with Gasteiger partial charge in [-0.3, -0.25) is 9.59 Å². The molecule has 2 aliphatic heterocycles. The fraction of sp³-hybridized carbons (Fsp3) is 0.462. The second-order valence-corrected chi connectivity index (χ2v) is 19.7. The summed E-state index contributed by atoms with van der Waals surface area (Å²) < 4.78 is 4.80. The number of nitrogens with two attached hydrogens (primary N) is 1. The summed E-state index contributed by atoms with van der Waals surface area (Å²) in [5, 5.41) is 5.37.